The number of aliphatic hydroxyl groups is 1. The van der Waals surface area contributed by atoms with Gasteiger partial charge in [0.25, 0.3) is 0 Å². The summed E-state index contributed by atoms with van der Waals surface area (Å²) in [6.45, 7) is -0.0596. The van der Waals surface area contributed by atoms with Crippen molar-refractivity contribution in [1.29, 1.82) is 0 Å². The van der Waals surface area contributed by atoms with Gasteiger partial charge < -0.3 is 20.3 Å². The van der Waals surface area contributed by atoms with Gasteiger partial charge in [0.05, 0.1) is 12.8 Å². The summed E-state index contributed by atoms with van der Waals surface area (Å²) in [7, 11) is 0. The second kappa shape index (κ2) is 5.87. The Morgan fingerprint density at radius 2 is 2.21 bits per heavy atom. The molecule has 1 aromatic heterocycles. The van der Waals surface area contributed by atoms with E-state index in [-0.39, 0.29) is 19.0 Å². The fraction of sp³-hybridized carbons (Fsp3) is 0.167. The van der Waals surface area contributed by atoms with E-state index in [0.29, 0.717) is 5.75 Å². The van der Waals surface area contributed by atoms with Gasteiger partial charge >= 0.3 is 6.09 Å². The molecule has 0 saturated carbocycles. The molecular formula is C12H13N3O4. The van der Waals surface area contributed by atoms with Gasteiger partial charge in [0.2, 0.25) is 0 Å². The third-order valence-electron chi connectivity index (χ3n) is 2.33. The first kappa shape index (κ1) is 12.9. The number of amides is 1. The van der Waals surface area contributed by atoms with Crippen molar-refractivity contribution in [2.75, 3.05) is 13.2 Å². The maximum absolute atomic E-state index is 10.8. The topological polar surface area (TPSA) is 110 Å². The van der Waals surface area contributed by atoms with Crippen LogP contribution in [0, 0.1) is 0 Å². The molecule has 2 aromatic rings. The molecule has 0 aliphatic rings. The number of carbonyl (C=O) groups excluding carboxylic acids is 1. The molecule has 0 aliphatic carbocycles. The molecule has 0 aliphatic heterocycles. The quantitative estimate of drug-likeness (QED) is 0.742. The van der Waals surface area contributed by atoms with Gasteiger partial charge in [-0.1, -0.05) is 6.07 Å². The van der Waals surface area contributed by atoms with Crippen molar-refractivity contribution in [3.63, 3.8) is 0 Å². The molecule has 0 radical (unpaired) electrons. The minimum Gasteiger partial charge on any atom is -0.487 e. The number of ether oxygens (including phenoxy) is 2. The summed E-state index contributed by atoms with van der Waals surface area (Å²) in [5.41, 5.74) is 6.67. The molecule has 19 heavy (non-hydrogen) atoms. The van der Waals surface area contributed by atoms with Gasteiger partial charge in [0, 0.05) is 11.8 Å². The monoisotopic (exact) mass is 263 g/mol. The third-order valence-corrected chi connectivity index (χ3v) is 2.33. The van der Waals surface area contributed by atoms with E-state index in [1.807, 2.05) is 0 Å². The van der Waals surface area contributed by atoms with Crippen LogP contribution < -0.4 is 15.2 Å². The molecule has 1 aromatic carbocycles. The number of nitrogens with zero attached hydrogens (tertiary/aromatic N) is 1. The zero-order valence-corrected chi connectivity index (χ0v) is 10.00. The Kier molecular flexibility index (Phi) is 3.99. The number of carbonyl (C=O) groups is 1. The van der Waals surface area contributed by atoms with Crippen molar-refractivity contribution in [3.8, 4) is 22.6 Å². The number of H-pyrrole nitrogens is 1. The van der Waals surface area contributed by atoms with E-state index in [2.05, 4.69) is 10.2 Å². The zero-order chi connectivity index (χ0) is 13.7. The zero-order valence-electron chi connectivity index (χ0n) is 10.00. The fourth-order valence-electron chi connectivity index (χ4n) is 1.56. The highest BCUT2D eigenvalue weighted by Crippen LogP contribution is 2.32. The van der Waals surface area contributed by atoms with Crippen LogP contribution in [0.3, 0.4) is 0 Å². The number of nitrogens with two attached hydrogens (primary N) is 1. The van der Waals surface area contributed by atoms with E-state index < -0.39 is 6.09 Å². The van der Waals surface area contributed by atoms with Gasteiger partial charge in [-0.3, -0.25) is 5.10 Å². The summed E-state index contributed by atoms with van der Waals surface area (Å²) in [6.07, 6.45) is 2.45. The van der Waals surface area contributed by atoms with Crippen LogP contribution in [0.15, 0.2) is 30.6 Å². The highest BCUT2D eigenvalue weighted by molar-refractivity contribution is 5.71. The summed E-state index contributed by atoms with van der Waals surface area (Å²) in [4.78, 5) is 10.8. The highest BCUT2D eigenvalue weighted by atomic mass is 16.6. The summed E-state index contributed by atoms with van der Waals surface area (Å²) < 4.78 is 10.1. The Hall–Kier alpha value is -2.54. The number of hydrogen-bond acceptors (Lipinski definition) is 5. The molecule has 100 valence electrons. The Balaban J connectivity index is 2.32. The van der Waals surface area contributed by atoms with Gasteiger partial charge in [0.1, 0.15) is 6.61 Å². The molecule has 0 unspecified atom stereocenters. The van der Waals surface area contributed by atoms with Crippen molar-refractivity contribution in [2.24, 2.45) is 5.73 Å². The predicted octanol–water partition coefficient (Wildman–Crippen LogP) is 0.905. The standard InChI is InChI=1S/C12H13N3O4/c13-12(17)19-10-2-1-8(9-6-14-15-7-9)5-11(10)18-4-3-16/h1-2,5-7,16H,3-4H2,(H2,13,17)(H,14,15). The second-order valence-electron chi connectivity index (χ2n) is 3.64. The summed E-state index contributed by atoms with van der Waals surface area (Å²) in [5, 5.41) is 15.3. The number of aromatic nitrogens is 2. The lowest BCUT2D eigenvalue weighted by molar-refractivity contribution is 0.190. The smallest absolute Gasteiger partial charge is 0.410 e. The van der Waals surface area contributed by atoms with Gasteiger partial charge in [-0.15, -0.1) is 0 Å². The maximum atomic E-state index is 10.8. The average Bonchev–Trinajstić information content (AvgIpc) is 2.91. The molecule has 0 fully saturated rings. The lowest BCUT2D eigenvalue weighted by Crippen LogP contribution is -2.17. The predicted molar refractivity (Wildman–Crippen MR) is 66.8 cm³/mol. The van der Waals surface area contributed by atoms with Crippen LogP contribution in [0.2, 0.25) is 0 Å². The number of primary amides is 1. The van der Waals surface area contributed by atoms with Crippen LogP contribution in [0.5, 0.6) is 11.5 Å². The average molecular weight is 263 g/mol. The van der Waals surface area contributed by atoms with Crippen molar-refractivity contribution in [2.45, 2.75) is 0 Å². The molecule has 1 heterocycles. The second-order valence-corrected chi connectivity index (χ2v) is 3.64. The van der Waals surface area contributed by atoms with Crippen molar-refractivity contribution >= 4 is 6.09 Å². The van der Waals surface area contributed by atoms with E-state index >= 15 is 0 Å². The van der Waals surface area contributed by atoms with Crippen LogP contribution in [-0.4, -0.2) is 34.6 Å². The van der Waals surface area contributed by atoms with E-state index in [1.165, 1.54) is 0 Å². The SMILES string of the molecule is NC(=O)Oc1ccc(-c2cn[nH]c2)cc1OCCO. The van der Waals surface area contributed by atoms with Crippen molar-refractivity contribution in [1.82, 2.24) is 10.2 Å². The normalized spacial score (nSPS) is 10.2. The highest BCUT2D eigenvalue weighted by Gasteiger charge is 2.10. The van der Waals surface area contributed by atoms with E-state index in [0.717, 1.165) is 11.1 Å². The lowest BCUT2D eigenvalue weighted by atomic mass is 10.1. The Bertz CT molecular complexity index is 554. The summed E-state index contributed by atoms with van der Waals surface area (Å²) >= 11 is 0. The largest absolute Gasteiger partial charge is 0.487 e. The molecule has 1 amide bonds. The van der Waals surface area contributed by atoms with Crippen molar-refractivity contribution < 1.29 is 19.4 Å². The van der Waals surface area contributed by atoms with Gasteiger partial charge in [-0.2, -0.15) is 5.10 Å². The third kappa shape index (κ3) is 3.23. The number of nitrogens with one attached hydrogen (secondary N) is 1. The molecular weight excluding hydrogens is 250 g/mol. The van der Waals surface area contributed by atoms with Crippen LogP contribution in [0.4, 0.5) is 4.79 Å². The molecule has 0 spiro atoms. The van der Waals surface area contributed by atoms with Crippen LogP contribution in [0.1, 0.15) is 0 Å². The maximum Gasteiger partial charge on any atom is 0.410 e. The number of rotatable bonds is 5. The van der Waals surface area contributed by atoms with E-state index in [1.54, 1.807) is 30.6 Å². The molecule has 7 heteroatoms. The molecule has 0 saturated heterocycles. The number of benzene rings is 1. The molecule has 2 rings (SSSR count). The Morgan fingerprint density at radius 3 is 2.84 bits per heavy atom. The molecule has 0 bridgehead atoms. The lowest BCUT2D eigenvalue weighted by Gasteiger charge is -2.11. The van der Waals surface area contributed by atoms with Crippen LogP contribution in [0.25, 0.3) is 11.1 Å². The van der Waals surface area contributed by atoms with Gasteiger partial charge in [-0.05, 0) is 17.7 Å². The fourth-order valence-corrected chi connectivity index (χ4v) is 1.56. The Morgan fingerprint density at radius 1 is 1.37 bits per heavy atom. The molecule has 4 N–H and O–H groups in total. The molecule has 0 atom stereocenters. The first-order valence-electron chi connectivity index (χ1n) is 5.55. The number of aliphatic hydroxyl groups excluding tert-OH is 1. The summed E-state index contributed by atoms with van der Waals surface area (Å²) in [6, 6.07) is 4.99. The minimum absolute atomic E-state index is 0.0873. The van der Waals surface area contributed by atoms with Crippen molar-refractivity contribution in [3.05, 3.63) is 30.6 Å². The first-order valence-corrected chi connectivity index (χ1v) is 5.55. The van der Waals surface area contributed by atoms with E-state index in [9.17, 15) is 4.79 Å². The van der Waals surface area contributed by atoms with Crippen LogP contribution in [-0.2, 0) is 0 Å². The molecule has 7 nitrogen and oxygen atoms in total. The minimum atomic E-state index is -0.926. The van der Waals surface area contributed by atoms with E-state index in [4.69, 9.17) is 20.3 Å². The van der Waals surface area contributed by atoms with Gasteiger partial charge in [-0.25, -0.2) is 4.79 Å². The van der Waals surface area contributed by atoms with Gasteiger partial charge in [0.15, 0.2) is 11.5 Å². The number of aromatic amines is 1. The summed E-state index contributed by atoms with van der Waals surface area (Å²) in [5.74, 6) is 0.528. The first-order chi connectivity index (χ1) is 9.20. The Labute approximate surface area is 109 Å². The number of hydrogen-bond donors (Lipinski definition) is 3. The van der Waals surface area contributed by atoms with Crippen LogP contribution >= 0.6 is 0 Å².